The first-order valence-electron chi connectivity index (χ1n) is 12.6. The molecule has 36 heavy (non-hydrogen) atoms. The third-order valence-corrected chi connectivity index (χ3v) is 6.51. The van der Waals surface area contributed by atoms with Gasteiger partial charge in [-0.2, -0.15) is 0 Å². The van der Waals surface area contributed by atoms with Crippen LogP contribution in [0.25, 0.3) is 22.3 Å². The monoisotopic (exact) mass is 485 g/mol. The molecule has 1 aliphatic rings. The number of hydrogen-bond acceptors (Lipinski definition) is 6. The van der Waals surface area contributed by atoms with Crippen LogP contribution < -0.4 is 14.9 Å². The molecule has 0 aliphatic carbocycles. The summed E-state index contributed by atoms with van der Waals surface area (Å²) >= 11 is 0. The summed E-state index contributed by atoms with van der Waals surface area (Å²) in [6.07, 6.45) is 4.44. The molecule has 0 spiro atoms. The largest absolute Gasteiger partial charge is 0.507 e. The Bertz CT molecular complexity index is 1340. The lowest BCUT2D eigenvalue weighted by atomic mass is 10.1. The van der Waals surface area contributed by atoms with Gasteiger partial charge < -0.3 is 23.9 Å². The maximum absolute atomic E-state index is 13.0. The number of rotatable bonds is 10. The lowest BCUT2D eigenvalue weighted by Crippen LogP contribution is -2.20. The average Bonchev–Trinajstić information content (AvgIpc) is 3.43. The Hall–Kier alpha value is -3.77. The Morgan fingerprint density at radius 3 is 2.36 bits per heavy atom. The summed E-state index contributed by atoms with van der Waals surface area (Å²) in [5, 5.41) is 10.8. The first kappa shape index (κ1) is 23.9. The minimum absolute atomic E-state index is 0.0915. The number of likely N-dealkylation sites (tertiary alicyclic amines) is 1. The lowest BCUT2D eigenvalue weighted by molar-refractivity contribution is 0.249. The third-order valence-electron chi connectivity index (χ3n) is 6.51. The SMILES string of the molecule is O=c1cc(-c2ccccc2)oc2c(OCCCCN3CCCC3)c(OCc3ccccc3)cc(O)c12. The van der Waals surface area contributed by atoms with Gasteiger partial charge in [0.2, 0.25) is 5.75 Å². The van der Waals surface area contributed by atoms with Gasteiger partial charge in [-0.25, -0.2) is 0 Å². The van der Waals surface area contributed by atoms with Crippen LogP contribution in [0.3, 0.4) is 0 Å². The van der Waals surface area contributed by atoms with Gasteiger partial charge in [0.25, 0.3) is 0 Å². The second-order valence-electron chi connectivity index (χ2n) is 9.15. The van der Waals surface area contributed by atoms with E-state index >= 15 is 0 Å². The summed E-state index contributed by atoms with van der Waals surface area (Å²) in [7, 11) is 0. The van der Waals surface area contributed by atoms with Gasteiger partial charge in [0.05, 0.1) is 6.61 Å². The van der Waals surface area contributed by atoms with Crippen LogP contribution in [0.1, 0.15) is 31.2 Å². The number of benzene rings is 3. The Labute approximate surface area is 210 Å². The van der Waals surface area contributed by atoms with Gasteiger partial charge in [0, 0.05) is 17.7 Å². The van der Waals surface area contributed by atoms with Crippen molar-refractivity contribution in [2.24, 2.45) is 0 Å². The summed E-state index contributed by atoms with van der Waals surface area (Å²) in [5.41, 5.74) is 1.61. The van der Waals surface area contributed by atoms with Gasteiger partial charge in [-0.1, -0.05) is 60.7 Å². The maximum atomic E-state index is 13.0. The molecule has 3 aromatic carbocycles. The predicted octanol–water partition coefficient (Wildman–Crippen LogP) is 6.00. The molecule has 5 rings (SSSR count). The van der Waals surface area contributed by atoms with E-state index in [1.165, 1.54) is 38.1 Å². The van der Waals surface area contributed by atoms with Gasteiger partial charge in [-0.05, 0) is 50.9 Å². The fourth-order valence-electron chi connectivity index (χ4n) is 4.61. The van der Waals surface area contributed by atoms with E-state index in [0.29, 0.717) is 30.5 Å². The molecule has 1 saturated heterocycles. The van der Waals surface area contributed by atoms with Crippen LogP contribution in [0.4, 0.5) is 0 Å². The zero-order valence-electron chi connectivity index (χ0n) is 20.3. The van der Waals surface area contributed by atoms with E-state index < -0.39 is 0 Å². The molecule has 2 heterocycles. The smallest absolute Gasteiger partial charge is 0.205 e. The lowest BCUT2D eigenvalue weighted by Gasteiger charge is -2.17. The van der Waals surface area contributed by atoms with Crippen molar-refractivity contribution in [1.82, 2.24) is 4.90 Å². The van der Waals surface area contributed by atoms with Gasteiger partial charge >= 0.3 is 0 Å². The Kier molecular flexibility index (Phi) is 7.52. The van der Waals surface area contributed by atoms with Crippen molar-refractivity contribution >= 4 is 11.0 Å². The number of hydrogen-bond donors (Lipinski definition) is 1. The molecular formula is C30H31NO5. The van der Waals surface area contributed by atoms with Gasteiger partial charge in [0.1, 0.15) is 23.5 Å². The maximum Gasteiger partial charge on any atom is 0.205 e. The summed E-state index contributed by atoms with van der Waals surface area (Å²) in [6, 6.07) is 22.0. The predicted molar refractivity (Wildman–Crippen MR) is 141 cm³/mol. The van der Waals surface area contributed by atoms with Crippen molar-refractivity contribution in [1.29, 1.82) is 0 Å². The zero-order valence-corrected chi connectivity index (χ0v) is 20.3. The number of nitrogens with zero attached hydrogens (tertiary/aromatic N) is 1. The fraction of sp³-hybridized carbons (Fsp3) is 0.300. The van der Waals surface area contributed by atoms with Crippen LogP contribution in [-0.2, 0) is 6.61 Å². The van der Waals surface area contributed by atoms with E-state index in [2.05, 4.69) is 4.90 Å². The molecule has 1 N–H and O–H groups in total. The van der Waals surface area contributed by atoms with Crippen molar-refractivity contribution in [3.05, 3.63) is 88.6 Å². The Morgan fingerprint density at radius 1 is 0.889 bits per heavy atom. The molecule has 0 atom stereocenters. The highest BCUT2D eigenvalue weighted by Gasteiger charge is 2.21. The van der Waals surface area contributed by atoms with Gasteiger partial charge in [0.15, 0.2) is 16.8 Å². The number of fused-ring (bicyclic) bond motifs is 1. The molecule has 0 amide bonds. The Balaban J connectivity index is 1.46. The van der Waals surface area contributed by atoms with Crippen LogP contribution in [0, 0.1) is 0 Å². The van der Waals surface area contributed by atoms with E-state index in [9.17, 15) is 9.90 Å². The van der Waals surface area contributed by atoms with Crippen LogP contribution in [-0.4, -0.2) is 36.2 Å². The summed E-state index contributed by atoms with van der Waals surface area (Å²) in [4.78, 5) is 15.5. The minimum atomic E-state index is -0.332. The van der Waals surface area contributed by atoms with Crippen LogP contribution >= 0.6 is 0 Å². The highest BCUT2D eigenvalue weighted by molar-refractivity contribution is 5.91. The van der Waals surface area contributed by atoms with Crippen molar-refractivity contribution in [2.75, 3.05) is 26.2 Å². The first-order valence-corrected chi connectivity index (χ1v) is 12.6. The van der Waals surface area contributed by atoms with Gasteiger partial charge in [-0.3, -0.25) is 4.79 Å². The van der Waals surface area contributed by atoms with E-state index in [1.807, 2.05) is 60.7 Å². The van der Waals surface area contributed by atoms with Crippen molar-refractivity contribution in [3.63, 3.8) is 0 Å². The summed E-state index contributed by atoms with van der Waals surface area (Å²) in [5.74, 6) is 0.904. The van der Waals surface area contributed by atoms with Crippen molar-refractivity contribution in [3.8, 4) is 28.6 Å². The first-order chi connectivity index (χ1) is 17.7. The van der Waals surface area contributed by atoms with Crippen LogP contribution in [0.15, 0.2) is 82.0 Å². The molecular weight excluding hydrogens is 454 g/mol. The molecule has 4 aromatic rings. The zero-order chi connectivity index (χ0) is 24.7. The highest BCUT2D eigenvalue weighted by Crippen LogP contribution is 2.41. The number of phenols is 1. The third kappa shape index (κ3) is 5.55. The number of unbranched alkanes of at least 4 members (excludes halogenated alkanes) is 1. The molecule has 1 fully saturated rings. The van der Waals surface area contributed by atoms with E-state index in [-0.39, 0.29) is 22.1 Å². The Morgan fingerprint density at radius 2 is 1.61 bits per heavy atom. The molecule has 186 valence electrons. The minimum Gasteiger partial charge on any atom is -0.507 e. The quantitative estimate of drug-likeness (QED) is 0.278. The number of phenolic OH excluding ortho intramolecular Hbond substituents is 1. The molecule has 6 nitrogen and oxygen atoms in total. The molecule has 1 aromatic heterocycles. The molecule has 0 radical (unpaired) electrons. The van der Waals surface area contributed by atoms with Crippen molar-refractivity contribution < 1.29 is 19.0 Å². The highest BCUT2D eigenvalue weighted by atomic mass is 16.5. The summed E-state index contributed by atoms with van der Waals surface area (Å²) < 4.78 is 18.5. The second kappa shape index (κ2) is 11.3. The van der Waals surface area contributed by atoms with Crippen molar-refractivity contribution in [2.45, 2.75) is 32.3 Å². The average molecular weight is 486 g/mol. The molecule has 1 aliphatic heterocycles. The topological polar surface area (TPSA) is 72.1 Å². The van der Waals surface area contributed by atoms with Crippen LogP contribution in [0.5, 0.6) is 17.2 Å². The molecule has 6 heteroatoms. The molecule has 0 saturated carbocycles. The van der Waals surface area contributed by atoms with Crippen LogP contribution in [0.2, 0.25) is 0 Å². The van der Waals surface area contributed by atoms with E-state index in [1.54, 1.807) is 0 Å². The standard InChI is InChI=1S/C30H31NO5/c32-24-19-26(23-13-5-2-6-14-23)36-30-28(24)25(33)20-27(35-21-22-11-3-1-4-12-22)29(30)34-18-10-9-17-31-15-7-8-16-31/h1-6,11-14,19-20,33H,7-10,15-18,21H2. The van der Waals surface area contributed by atoms with E-state index in [4.69, 9.17) is 13.9 Å². The molecule has 0 unspecified atom stereocenters. The number of ether oxygens (including phenoxy) is 2. The number of aromatic hydroxyl groups is 1. The molecule has 0 bridgehead atoms. The van der Waals surface area contributed by atoms with E-state index in [0.717, 1.165) is 30.5 Å². The normalized spacial score (nSPS) is 13.8. The van der Waals surface area contributed by atoms with Gasteiger partial charge in [-0.15, -0.1) is 0 Å². The fourth-order valence-corrected chi connectivity index (χ4v) is 4.61. The second-order valence-corrected chi connectivity index (χ2v) is 9.15. The summed E-state index contributed by atoms with van der Waals surface area (Å²) in [6.45, 7) is 4.15.